The molecule has 0 saturated carbocycles. The van der Waals surface area contributed by atoms with Gasteiger partial charge in [0.05, 0.1) is 0 Å². The molecule has 2 rings (SSSR count). The molecule has 0 spiro atoms. The van der Waals surface area contributed by atoms with Crippen LogP contribution in [0.3, 0.4) is 0 Å². The summed E-state index contributed by atoms with van der Waals surface area (Å²) in [5.74, 6) is 0. The van der Waals surface area contributed by atoms with Crippen LogP contribution in [0.15, 0.2) is 0 Å². The summed E-state index contributed by atoms with van der Waals surface area (Å²) in [6.45, 7) is 2.36. The zero-order valence-corrected chi connectivity index (χ0v) is 12.8. The van der Waals surface area contributed by atoms with Gasteiger partial charge in [-0.3, -0.25) is 0 Å². The first-order chi connectivity index (χ1) is 3.21. The minimum absolute atomic E-state index is 0.641. The van der Waals surface area contributed by atoms with Crippen molar-refractivity contribution < 1.29 is 0 Å². The molecule has 0 N–H and O–H groups in total. The zero-order chi connectivity index (χ0) is 6.32. The van der Waals surface area contributed by atoms with Gasteiger partial charge in [-0.15, -0.1) is 0 Å². The largest absolute Gasteiger partial charge is 0.133 e. The molecule has 2 fully saturated rings. The van der Waals surface area contributed by atoms with Gasteiger partial charge in [0.1, 0.15) is 3.41 Å². The zero-order valence-electron chi connectivity index (χ0n) is 3.86. The van der Waals surface area contributed by atoms with Crippen LogP contribution >= 0.6 is 83.1 Å². The molecule has 0 bridgehead atoms. The van der Waals surface area contributed by atoms with Crippen molar-refractivity contribution in [2.24, 2.45) is 0 Å². The molecule has 6 heteroatoms. The lowest BCUT2D eigenvalue weighted by molar-refractivity contribution is 1.41. The second-order valence-electron chi connectivity index (χ2n) is 2.05. The molecule has 0 unspecified atom stereocenters. The Bertz CT molecular complexity index is 188. The Morgan fingerprint density at radius 3 is 1.38 bits per heavy atom. The second-order valence-corrected chi connectivity index (χ2v) is 60.0. The third-order valence-corrected chi connectivity index (χ3v) is 37.5. The molecule has 2 aliphatic heterocycles. The van der Waals surface area contributed by atoms with Gasteiger partial charge >= 0.3 is 0 Å². The highest BCUT2D eigenvalue weighted by molar-refractivity contribution is 14.5. The van der Waals surface area contributed by atoms with E-state index in [0.29, 0.717) is 3.41 Å². The van der Waals surface area contributed by atoms with E-state index in [9.17, 15) is 0 Å². The highest BCUT2D eigenvalue weighted by Gasteiger charge is 3.02. The Labute approximate surface area is 91.3 Å². The van der Waals surface area contributed by atoms with E-state index in [4.69, 9.17) is 0 Å². The van der Waals surface area contributed by atoms with Crippen LogP contribution in [0.5, 0.6) is 0 Å². The van der Waals surface area contributed by atoms with Crippen molar-refractivity contribution in [1.82, 2.24) is 0 Å². The maximum atomic E-state index is 2.67. The third kappa shape index (κ3) is 0.686. The Morgan fingerprint density at radius 2 is 1.38 bits per heavy atom. The molecule has 0 aromatic carbocycles. The summed E-state index contributed by atoms with van der Waals surface area (Å²) in [5, 5.41) is 0. The van der Waals surface area contributed by atoms with E-state index in [2.05, 4.69) is 92.1 Å². The summed E-state index contributed by atoms with van der Waals surface area (Å²) >= 11 is 8.00. The van der Waals surface area contributed by atoms with Crippen molar-refractivity contribution in [1.29, 1.82) is 0 Å². The first-order valence-electron chi connectivity index (χ1n) is 1.91. The number of fused-ring (bicyclic) bond motifs is 1. The Kier molecular flexibility index (Phi) is 1.25. The maximum absolute atomic E-state index is 2.67. The Hall–Kier alpha value is 3.24. The predicted octanol–water partition coefficient (Wildman–Crippen LogP) is 4.91. The summed E-state index contributed by atoms with van der Waals surface area (Å²) in [4.78, 5) is 0. The van der Waals surface area contributed by atoms with Crippen LogP contribution in [0.4, 0.5) is 0 Å². The van der Waals surface area contributed by atoms with Crippen molar-refractivity contribution in [2.45, 2.75) is 10.3 Å². The number of hydrogen-bond acceptors (Lipinski definition) is 2. The summed E-state index contributed by atoms with van der Waals surface area (Å²) in [6, 6.07) is 0. The molecule has 0 atom stereocenters. The molecule has 2 aliphatic rings. The lowest BCUT2D eigenvalue weighted by Gasteiger charge is -2.28. The summed E-state index contributed by atoms with van der Waals surface area (Å²) < 4.78 is -0.805. The first-order valence-corrected chi connectivity index (χ1v) is 14.7. The SMILES string of the molecule is CC12SS1(I)(I)(I)S2. The molecule has 2 saturated heterocycles. The average molecular weight is 504 g/mol. The second kappa shape index (κ2) is 1.27. The van der Waals surface area contributed by atoms with Crippen molar-refractivity contribution in [3.63, 3.8) is 0 Å². The van der Waals surface area contributed by atoms with Crippen molar-refractivity contribution in [2.75, 3.05) is 0 Å². The van der Waals surface area contributed by atoms with Crippen LogP contribution in [0.25, 0.3) is 0 Å². The smallest absolute Gasteiger partial charge is 0.0623 e. The fraction of sp³-hybridized carbons (Fsp3) is 1.00. The highest BCUT2D eigenvalue weighted by Crippen LogP contribution is 3.53. The fourth-order valence-electron chi connectivity index (χ4n) is 0.590. The topological polar surface area (TPSA) is 0 Å². The van der Waals surface area contributed by atoms with Crippen molar-refractivity contribution in [3.05, 3.63) is 0 Å². The predicted molar refractivity (Wildman–Crippen MR) is 73.2 cm³/mol. The summed E-state index contributed by atoms with van der Waals surface area (Å²) in [5.41, 5.74) is 0. The van der Waals surface area contributed by atoms with Gasteiger partial charge in [0.25, 0.3) is 0 Å². The summed E-state index contributed by atoms with van der Waals surface area (Å²) in [6.07, 6.45) is 0. The van der Waals surface area contributed by atoms with Gasteiger partial charge in [-0.05, 0) is 70.5 Å². The number of halogens is 3. The van der Waals surface area contributed by atoms with E-state index in [0.717, 1.165) is 0 Å². The van der Waals surface area contributed by atoms with E-state index in [1.165, 1.54) is 0 Å². The van der Waals surface area contributed by atoms with E-state index >= 15 is 0 Å². The van der Waals surface area contributed by atoms with Gasteiger partial charge in [0, 0.05) is 0 Å². The van der Waals surface area contributed by atoms with Crippen LogP contribution in [-0.4, -0.2) is 3.41 Å². The van der Waals surface area contributed by atoms with Crippen LogP contribution in [0.2, 0.25) is 0 Å². The molecule has 0 aromatic heterocycles. The van der Waals surface area contributed by atoms with Gasteiger partial charge < -0.3 is 0 Å². The van der Waals surface area contributed by atoms with Crippen LogP contribution in [0.1, 0.15) is 6.92 Å². The molecule has 0 aromatic rings. The molecule has 50 valence electrons. The fourth-order valence-corrected chi connectivity index (χ4v) is 46.0. The van der Waals surface area contributed by atoms with Crippen LogP contribution in [-0.2, 0) is 0 Å². The molecule has 0 nitrogen and oxygen atoms in total. The monoisotopic (exact) mass is 504 g/mol. The number of hydrogen-bond donors (Lipinski definition) is 0. The Balaban J connectivity index is 2.58. The van der Waals surface area contributed by atoms with Gasteiger partial charge in [-0.1, -0.05) is 19.5 Å². The van der Waals surface area contributed by atoms with E-state index in [1.54, 1.807) is 0 Å². The molecule has 8 heavy (non-hydrogen) atoms. The minimum Gasteiger partial charge on any atom is -0.0623 e. The molecular formula is C2H3I3S3. The Morgan fingerprint density at radius 1 is 1.25 bits per heavy atom. The standard InChI is InChI=1S/C2H3I3S3/c1-2-6-8(2,3,4,5)7-2/h1H3. The summed E-state index contributed by atoms with van der Waals surface area (Å²) in [7, 11) is 4.34. The van der Waals surface area contributed by atoms with Crippen molar-refractivity contribution >= 4 is 83.1 Å². The molecular weight excluding hydrogens is 501 g/mol. The molecule has 0 amide bonds. The highest BCUT2D eigenvalue weighted by atomic mass is 127. The van der Waals surface area contributed by atoms with Crippen LogP contribution < -0.4 is 0 Å². The van der Waals surface area contributed by atoms with Gasteiger partial charge in [0.15, 0.2) is 0 Å². The average Bonchev–Trinajstić information content (AvgIpc) is 1.66. The molecule has 0 radical (unpaired) electrons. The lowest BCUT2D eigenvalue weighted by atomic mass is 10.9. The van der Waals surface area contributed by atoms with E-state index in [1.807, 2.05) is 0 Å². The maximum Gasteiger partial charge on any atom is 0.133 e. The molecule has 2 heterocycles. The quantitative estimate of drug-likeness (QED) is 0.262. The minimum atomic E-state index is -1.45. The van der Waals surface area contributed by atoms with Crippen LogP contribution in [0, 0.1) is 0 Å². The normalized spacial score (nSPS) is 67.5. The first kappa shape index (κ1) is 7.87. The molecule has 0 aliphatic carbocycles. The van der Waals surface area contributed by atoms with Gasteiger partial charge in [0.2, 0.25) is 0 Å². The van der Waals surface area contributed by atoms with E-state index in [-0.39, 0.29) is 0 Å². The lowest BCUT2D eigenvalue weighted by Crippen LogP contribution is -1.68. The third-order valence-electron chi connectivity index (χ3n) is 1.31. The number of rotatable bonds is 0. The van der Waals surface area contributed by atoms with Gasteiger partial charge in [-0.25, -0.2) is 0 Å². The van der Waals surface area contributed by atoms with E-state index < -0.39 is -2.13 Å². The van der Waals surface area contributed by atoms with Crippen molar-refractivity contribution in [3.8, 4) is 0 Å². The van der Waals surface area contributed by atoms with Gasteiger partial charge in [-0.2, -0.15) is 0 Å².